The van der Waals surface area contributed by atoms with E-state index in [1.807, 2.05) is 19.1 Å². The summed E-state index contributed by atoms with van der Waals surface area (Å²) in [6.07, 6.45) is 2.23. The average molecular weight is 320 g/mol. The normalized spacial score (nSPS) is 21.0. The number of nitrogens with one attached hydrogen (secondary N) is 1. The first kappa shape index (κ1) is 17.1. The number of aryl methyl sites for hydroxylation is 1. The highest BCUT2D eigenvalue weighted by Crippen LogP contribution is 2.21. The molecule has 1 aromatic rings. The zero-order valence-electron chi connectivity index (χ0n) is 13.4. The summed E-state index contributed by atoms with van der Waals surface area (Å²) in [6, 6.07) is 6.83. The van der Waals surface area contributed by atoms with E-state index in [9.17, 15) is 14.7 Å². The maximum absolute atomic E-state index is 12.2. The van der Waals surface area contributed by atoms with Crippen molar-refractivity contribution in [3.8, 4) is 5.75 Å². The molecule has 0 aromatic heterocycles. The topological polar surface area (TPSA) is 89.9 Å². The van der Waals surface area contributed by atoms with Crippen LogP contribution in [-0.4, -0.2) is 46.7 Å². The molecule has 0 radical (unpaired) electrons. The molecule has 2 amide bonds. The van der Waals surface area contributed by atoms with Crippen molar-refractivity contribution in [2.75, 3.05) is 19.6 Å². The van der Waals surface area contributed by atoms with Crippen LogP contribution < -0.4 is 5.32 Å². The molecule has 6 heteroatoms. The molecule has 1 aliphatic rings. The van der Waals surface area contributed by atoms with Crippen molar-refractivity contribution < 1.29 is 19.8 Å². The first-order chi connectivity index (χ1) is 11.0. The van der Waals surface area contributed by atoms with Gasteiger partial charge in [0.1, 0.15) is 5.75 Å². The largest absolute Gasteiger partial charge is 0.508 e. The van der Waals surface area contributed by atoms with Crippen LogP contribution in [0.15, 0.2) is 24.3 Å². The number of phenolic OH excluding ortho intramolecular Hbond substituents is 1. The van der Waals surface area contributed by atoms with Crippen LogP contribution >= 0.6 is 0 Å². The fourth-order valence-corrected chi connectivity index (χ4v) is 2.96. The van der Waals surface area contributed by atoms with E-state index in [1.165, 1.54) is 0 Å². The smallest absolute Gasteiger partial charge is 0.317 e. The van der Waals surface area contributed by atoms with Gasteiger partial charge in [0.2, 0.25) is 0 Å². The first-order valence-corrected chi connectivity index (χ1v) is 7.99. The average Bonchev–Trinajstić information content (AvgIpc) is 2.52. The Morgan fingerprint density at radius 2 is 1.96 bits per heavy atom. The Morgan fingerprint density at radius 3 is 2.61 bits per heavy atom. The first-order valence-electron chi connectivity index (χ1n) is 7.99. The molecule has 2 unspecified atom stereocenters. The minimum Gasteiger partial charge on any atom is -0.508 e. The summed E-state index contributed by atoms with van der Waals surface area (Å²) in [5, 5.41) is 21.2. The summed E-state index contributed by atoms with van der Waals surface area (Å²) in [7, 11) is 0. The van der Waals surface area contributed by atoms with Gasteiger partial charge in [-0.3, -0.25) is 4.79 Å². The summed E-state index contributed by atoms with van der Waals surface area (Å²) in [6.45, 7) is 3.40. The highest BCUT2D eigenvalue weighted by Gasteiger charge is 2.31. The number of aliphatic carboxylic acids is 1. The molecule has 6 nitrogen and oxygen atoms in total. The van der Waals surface area contributed by atoms with Gasteiger partial charge >= 0.3 is 12.0 Å². The predicted octanol–water partition coefficient (Wildman–Crippen LogP) is 2.08. The lowest BCUT2D eigenvalue weighted by atomic mass is 9.91. The number of hydrogen-bond acceptors (Lipinski definition) is 3. The number of nitrogens with zero attached hydrogens (tertiary/aromatic N) is 1. The second kappa shape index (κ2) is 7.85. The number of benzene rings is 1. The van der Waals surface area contributed by atoms with Crippen molar-refractivity contribution >= 4 is 12.0 Å². The van der Waals surface area contributed by atoms with Gasteiger partial charge < -0.3 is 20.4 Å². The number of phenols is 1. The molecule has 23 heavy (non-hydrogen) atoms. The van der Waals surface area contributed by atoms with Crippen LogP contribution in [0.2, 0.25) is 0 Å². The second-order valence-corrected chi connectivity index (χ2v) is 6.28. The van der Waals surface area contributed by atoms with Crippen molar-refractivity contribution in [1.82, 2.24) is 10.2 Å². The van der Waals surface area contributed by atoms with Crippen LogP contribution in [0.4, 0.5) is 4.79 Å². The van der Waals surface area contributed by atoms with Crippen LogP contribution in [0.3, 0.4) is 0 Å². The van der Waals surface area contributed by atoms with Crippen molar-refractivity contribution in [2.24, 2.45) is 11.8 Å². The SMILES string of the molecule is CC1CC(C(=O)O)CN(C(=O)NCCCc2ccc(O)cc2)C1. The van der Waals surface area contributed by atoms with E-state index >= 15 is 0 Å². The second-order valence-electron chi connectivity index (χ2n) is 6.28. The number of piperidine rings is 1. The number of carboxylic acids is 1. The van der Waals surface area contributed by atoms with Gasteiger partial charge in [-0.05, 0) is 42.9 Å². The number of rotatable bonds is 5. The number of carbonyl (C=O) groups is 2. The van der Waals surface area contributed by atoms with E-state index in [0.717, 1.165) is 18.4 Å². The predicted molar refractivity (Wildman–Crippen MR) is 86.3 cm³/mol. The number of carboxylic acid groups (broad SMARTS) is 1. The van der Waals surface area contributed by atoms with E-state index in [1.54, 1.807) is 17.0 Å². The highest BCUT2D eigenvalue weighted by molar-refractivity contribution is 5.76. The van der Waals surface area contributed by atoms with Crippen LogP contribution in [0.25, 0.3) is 0 Å². The van der Waals surface area contributed by atoms with E-state index < -0.39 is 11.9 Å². The molecule has 3 N–H and O–H groups in total. The number of aromatic hydroxyl groups is 1. The van der Waals surface area contributed by atoms with Gasteiger partial charge in [-0.25, -0.2) is 4.79 Å². The van der Waals surface area contributed by atoms with E-state index in [0.29, 0.717) is 19.5 Å². The van der Waals surface area contributed by atoms with Crippen molar-refractivity contribution in [2.45, 2.75) is 26.2 Å². The van der Waals surface area contributed by atoms with E-state index in [-0.39, 0.29) is 24.2 Å². The number of urea groups is 1. The monoisotopic (exact) mass is 320 g/mol. The molecule has 1 heterocycles. The maximum Gasteiger partial charge on any atom is 0.317 e. The standard InChI is InChI=1S/C17H24N2O4/c1-12-9-14(16(21)22)11-19(10-12)17(23)18-8-2-3-13-4-6-15(20)7-5-13/h4-7,12,14,20H,2-3,8-11H2,1H3,(H,18,23)(H,21,22). The lowest BCUT2D eigenvalue weighted by Crippen LogP contribution is -2.49. The minimum absolute atomic E-state index is 0.187. The van der Waals surface area contributed by atoms with Gasteiger partial charge in [0.15, 0.2) is 0 Å². The molecule has 1 fully saturated rings. The van der Waals surface area contributed by atoms with Crippen molar-refractivity contribution in [3.63, 3.8) is 0 Å². The van der Waals surface area contributed by atoms with Crippen molar-refractivity contribution in [1.29, 1.82) is 0 Å². The molecule has 0 bridgehead atoms. The Labute approximate surface area is 136 Å². The summed E-state index contributed by atoms with van der Waals surface area (Å²) < 4.78 is 0. The summed E-state index contributed by atoms with van der Waals surface area (Å²) in [4.78, 5) is 24.9. The van der Waals surface area contributed by atoms with Gasteiger partial charge in [0.05, 0.1) is 5.92 Å². The molecule has 2 atom stereocenters. The third kappa shape index (κ3) is 5.16. The van der Waals surface area contributed by atoms with Crippen molar-refractivity contribution in [3.05, 3.63) is 29.8 Å². The lowest BCUT2D eigenvalue weighted by molar-refractivity contribution is -0.143. The Hall–Kier alpha value is -2.24. The van der Waals surface area contributed by atoms with Gasteiger partial charge in [-0.2, -0.15) is 0 Å². The fourth-order valence-electron chi connectivity index (χ4n) is 2.96. The molecule has 1 aliphatic heterocycles. The highest BCUT2D eigenvalue weighted by atomic mass is 16.4. The van der Waals surface area contributed by atoms with Crippen LogP contribution in [0.1, 0.15) is 25.3 Å². The van der Waals surface area contributed by atoms with Crippen LogP contribution in [0, 0.1) is 11.8 Å². The number of carbonyl (C=O) groups excluding carboxylic acids is 1. The Morgan fingerprint density at radius 1 is 1.26 bits per heavy atom. The molecular formula is C17H24N2O4. The number of amides is 2. The summed E-state index contributed by atoms with van der Waals surface area (Å²) >= 11 is 0. The van der Waals surface area contributed by atoms with Crippen LogP contribution in [0.5, 0.6) is 5.75 Å². The maximum atomic E-state index is 12.2. The Balaban J connectivity index is 1.73. The zero-order valence-corrected chi connectivity index (χ0v) is 13.4. The summed E-state index contributed by atoms with van der Waals surface area (Å²) in [5.74, 6) is -0.856. The van der Waals surface area contributed by atoms with Gasteiger partial charge in [0, 0.05) is 19.6 Å². The molecule has 1 aromatic carbocycles. The molecule has 0 spiro atoms. The molecule has 0 saturated carbocycles. The molecule has 0 aliphatic carbocycles. The Bertz CT molecular complexity index is 544. The number of hydrogen-bond donors (Lipinski definition) is 3. The molecule has 2 rings (SSSR count). The molecule has 126 valence electrons. The molecule has 1 saturated heterocycles. The third-order valence-electron chi connectivity index (χ3n) is 4.15. The zero-order chi connectivity index (χ0) is 16.8. The van der Waals surface area contributed by atoms with E-state index in [2.05, 4.69) is 5.32 Å². The van der Waals surface area contributed by atoms with E-state index in [4.69, 9.17) is 5.11 Å². The Kier molecular flexibility index (Phi) is 5.84. The quantitative estimate of drug-likeness (QED) is 0.725. The minimum atomic E-state index is -0.832. The van der Waals surface area contributed by atoms with Crippen LogP contribution in [-0.2, 0) is 11.2 Å². The van der Waals surface area contributed by atoms with Gasteiger partial charge in [-0.15, -0.1) is 0 Å². The fraction of sp³-hybridized carbons (Fsp3) is 0.529. The number of likely N-dealkylation sites (tertiary alicyclic amines) is 1. The molecular weight excluding hydrogens is 296 g/mol. The van der Waals surface area contributed by atoms with Gasteiger partial charge in [-0.1, -0.05) is 19.1 Å². The lowest BCUT2D eigenvalue weighted by Gasteiger charge is -2.34. The third-order valence-corrected chi connectivity index (χ3v) is 4.15. The van der Waals surface area contributed by atoms with Gasteiger partial charge in [0.25, 0.3) is 0 Å². The summed E-state index contributed by atoms with van der Waals surface area (Å²) in [5.41, 5.74) is 1.11.